The van der Waals surface area contributed by atoms with Crippen molar-refractivity contribution < 1.29 is 0 Å². The van der Waals surface area contributed by atoms with Gasteiger partial charge in [-0.05, 0) is 145 Å². The molecule has 0 unspecified atom stereocenters. The summed E-state index contributed by atoms with van der Waals surface area (Å²) in [5.41, 5.74) is 13.8. The lowest BCUT2D eigenvalue weighted by Gasteiger charge is -2.28. The van der Waals surface area contributed by atoms with Crippen LogP contribution in [-0.4, -0.2) is 0 Å². The lowest BCUT2D eigenvalue weighted by Crippen LogP contribution is -2.10. The van der Waals surface area contributed by atoms with Gasteiger partial charge in [0.05, 0.1) is 0 Å². The second-order valence-electron chi connectivity index (χ2n) is 15.7. The lowest BCUT2D eigenvalue weighted by molar-refractivity contribution is 1.29. The molecule has 11 aromatic carbocycles. The first kappa shape index (κ1) is 36.8. The molecular weight excluding hydrogens is 749 g/mol. The van der Waals surface area contributed by atoms with Crippen LogP contribution in [-0.2, 0) is 0 Å². The smallest absolute Gasteiger partial charge is 0.0468 e. The largest absolute Gasteiger partial charge is 0.310 e. The summed E-state index contributed by atoms with van der Waals surface area (Å²) in [6.07, 6.45) is 0. The topological polar surface area (TPSA) is 6.48 Å². The zero-order valence-corrected chi connectivity index (χ0v) is 34.1. The van der Waals surface area contributed by atoms with Gasteiger partial charge in [-0.2, -0.15) is 0 Å². The Morgan fingerprint density at radius 2 is 0.548 bits per heavy atom. The molecule has 0 fully saturated rings. The van der Waals surface area contributed by atoms with Crippen LogP contribution < -0.4 is 9.80 Å². The Morgan fingerprint density at radius 1 is 0.194 bits per heavy atom. The average molecular weight is 791 g/mol. The molecule has 0 radical (unpaired) electrons. The van der Waals surface area contributed by atoms with E-state index in [0.717, 1.165) is 34.1 Å². The summed E-state index contributed by atoms with van der Waals surface area (Å²) in [5.74, 6) is 0. The predicted molar refractivity (Wildman–Crippen MR) is 265 cm³/mol. The zero-order chi connectivity index (χ0) is 41.2. The molecular formula is C60H42N2. The SMILES string of the molecule is c1ccc(-c2ccc(-c3c4ccc(N(c5ccccc5)c5ccccc5)cc4c(-c4ccc5ccccc5c4)c4ccc(N(c5ccccc5)c5ccccc5)cc34)cc2)cc1. The monoisotopic (exact) mass is 790 g/mol. The van der Waals surface area contributed by atoms with Crippen molar-refractivity contribution >= 4 is 66.4 Å². The molecule has 0 aromatic heterocycles. The van der Waals surface area contributed by atoms with Gasteiger partial charge in [0.1, 0.15) is 0 Å². The molecule has 0 amide bonds. The highest BCUT2D eigenvalue weighted by Gasteiger charge is 2.22. The van der Waals surface area contributed by atoms with Crippen molar-refractivity contribution in [2.75, 3.05) is 9.80 Å². The molecule has 0 saturated carbocycles. The fraction of sp³-hybridized carbons (Fsp3) is 0. The van der Waals surface area contributed by atoms with Gasteiger partial charge >= 0.3 is 0 Å². The normalized spacial score (nSPS) is 11.2. The quantitative estimate of drug-likeness (QED) is 0.134. The Bertz CT molecular complexity index is 3230. The van der Waals surface area contributed by atoms with Gasteiger partial charge in [-0.1, -0.05) is 176 Å². The van der Waals surface area contributed by atoms with E-state index in [1.54, 1.807) is 0 Å². The Kier molecular flexibility index (Phi) is 9.57. The van der Waals surface area contributed by atoms with Crippen LogP contribution in [0.3, 0.4) is 0 Å². The predicted octanol–water partition coefficient (Wildman–Crippen LogP) is 17.1. The summed E-state index contributed by atoms with van der Waals surface area (Å²) in [7, 11) is 0. The van der Waals surface area contributed by atoms with Gasteiger partial charge in [-0.3, -0.25) is 0 Å². The highest BCUT2D eigenvalue weighted by atomic mass is 15.1. The van der Waals surface area contributed by atoms with Crippen molar-refractivity contribution in [2.45, 2.75) is 0 Å². The molecule has 2 nitrogen and oxygen atoms in total. The van der Waals surface area contributed by atoms with Gasteiger partial charge in [0.25, 0.3) is 0 Å². The molecule has 0 aliphatic heterocycles. The molecule has 0 spiro atoms. The molecule has 62 heavy (non-hydrogen) atoms. The fourth-order valence-electron chi connectivity index (χ4n) is 9.11. The molecule has 0 heterocycles. The Labute approximate surface area is 362 Å². The van der Waals surface area contributed by atoms with E-state index >= 15 is 0 Å². The maximum atomic E-state index is 2.41. The van der Waals surface area contributed by atoms with Crippen LogP contribution in [0.1, 0.15) is 0 Å². The second kappa shape index (κ2) is 16.1. The first-order valence-corrected chi connectivity index (χ1v) is 21.3. The van der Waals surface area contributed by atoms with Crippen LogP contribution in [0.4, 0.5) is 34.1 Å². The van der Waals surface area contributed by atoms with Crippen LogP contribution in [0, 0.1) is 0 Å². The minimum atomic E-state index is 1.09. The van der Waals surface area contributed by atoms with Crippen LogP contribution in [0.5, 0.6) is 0 Å². The van der Waals surface area contributed by atoms with E-state index in [-0.39, 0.29) is 0 Å². The number of anilines is 6. The maximum Gasteiger partial charge on any atom is 0.0468 e. The van der Waals surface area contributed by atoms with Gasteiger partial charge in [0.15, 0.2) is 0 Å². The summed E-state index contributed by atoms with van der Waals surface area (Å²) >= 11 is 0. The van der Waals surface area contributed by atoms with E-state index in [1.165, 1.54) is 65.7 Å². The number of nitrogens with zero attached hydrogens (tertiary/aromatic N) is 2. The van der Waals surface area contributed by atoms with Crippen molar-refractivity contribution in [3.63, 3.8) is 0 Å². The fourth-order valence-corrected chi connectivity index (χ4v) is 9.11. The van der Waals surface area contributed by atoms with Crippen molar-refractivity contribution in [3.8, 4) is 33.4 Å². The molecule has 11 rings (SSSR count). The average Bonchev–Trinajstić information content (AvgIpc) is 3.35. The van der Waals surface area contributed by atoms with Crippen LogP contribution in [0.25, 0.3) is 65.7 Å². The van der Waals surface area contributed by atoms with E-state index in [2.05, 4.69) is 265 Å². The summed E-state index contributed by atoms with van der Waals surface area (Å²) in [4.78, 5) is 4.73. The maximum absolute atomic E-state index is 2.41. The number of fused-ring (bicyclic) bond motifs is 3. The van der Waals surface area contributed by atoms with E-state index in [0.29, 0.717) is 0 Å². The van der Waals surface area contributed by atoms with Gasteiger partial charge in [-0.15, -0.1) is 0 Å². The number of hydrogen-bond donors (Lipinski definition) is 0. The number of rotatable bonds is 9. The molecule has 0 bridgehead atoms. The summed E-state index contributed by atoms with van der Waals surface area (Å²) in [6.45, 7) is 0. The van der Waals surface area contributed by atoms with Gasteiger partial charge < -0.3 is 9.80 Å². The number of para-hydroxylation sites is 4. The van der Waals surface area contributed by atoms with Crippen LogP contribution >= 0.6 is 0 Å². The first-order valence-electron chi connectivity index (χ1n) is 21.3. The molecule has 11 aromatic rings. The third kappa shape index (κ3) is 6.84. The first-order chi connectivity index (χ1) is 30.8. The highest BCUT2D eigenvalue weighted by molar-refractivity contribution is 6.23. The van der Waals surface area contributed by atoms with Crippen molar-refractivity contribution in [2.24, 2.45) is 0 Å². The third-order valence-corrected chi connectivity index (χ3v) is 12.0. The molecule has 0 N–H and O–H groups in total. The van der Waals surface area contributed by atoms with E-state index in [1.807, 2.05) is 0 Å². The minimum absolute atomic E-state index is 1.09. The van der Waals surface area contributed by atoms with E-state index < -0.39 is 0 Å². The minimum Gasteiger partial charge on any atom is -0.310 e. The van der Waals surface area contributed by atoms with E-state index in [9.17, 15) is 0 Å². The zero-order valence-electron chi connectivity index (χ0n) is 34.1. The molecule has 2 heteroatoms. The Hall–Kier alpha value is -8.20. The summed E-state index contributed by atoms with van der Waals surface area (Å²) in [5, 5.41) is 7.22. The lowest BCUT2D eigenvalue weighted by atomic mass is 9.84. The van der Waals surface area contributed by atoms with Crippen molar-refractivity contribution in [1.29, 1.82) is 0 Å². The molecule has 0 aliphatic rings. The van der Waals surface area contributed by atoms with Gasteiger partial charge in [0.2, 0.25) is 0 Å². The van der Waals surface area contributed by atoms with Gasteiger partial charge in [-0.25, -0.2) is 0 Å². The summed E-state index contributed by atoms with van der Waals surface area (Å²) < 4.78 is 0. The van der Waals surface area contributed by atoms with E-state index in [4.69, 9.17) is 0 Å². The standard InChI is InChI=1S/C60H42N2/c1-6-18-43(19-7-1)45-30-33-46(34-31-45)59-55-38-36-54(62(51-26-12-4-13-27-51)52-28-14-5-15-29-52)42-58(55)60(48-35-32-44-20-16-17-21-47(44)40-48)56-39-37-53(41-57(56)59)61(49-22-8-2-9-23-49)50-24-10-3-11-25-50/h1-42H. The summed E-state index contributed by atoms with van der Waals surface area (Å²) in [6, 6.07) is 92.3. The van der Waals surface area contributed by atoms with Gasteiger partial charge in [0, 0.05) is 34.1 Å². The van der Waals surface area contributed by atoms with Crippen molar-refractivity contribution in [1.82, 2.24) is 0 Å². The highest BCUT2D eigenvalue weighted by Crippen LogP contribution is 2.48. The molecule has 0 saturated heterocycles. The second-order valence-corrected chi connectivity index (χ2v) is 15.7. The van der Waals surface area contributed by atoms with Crippen molar-refractivity contribution in [3.05, 3.63) is 255 Å². The van der Waals surface area contributed by atoms with Crippen LogP contribution in [0.15, 0.2) is 255 Å². The number of hydrogen-bond acceptors (Lipinski definition) is 2. The molecule has 0 aliphatic carbocycles. The number of benzene rings is 11. The Balaban J connectivity index is 1.24. The third-order valence-electron chi connectivity index (χ3n) is 12.0. The van der Waals surface area contributed by atoms with Crippen LogP contribution in [0.2, 0.25) is 0 Å². The Morgan fingerprint density at radius 3 is 1.02 bits per heavy atom. The molecule has 292 valence electrons. The molecule has 0 atom stereocenters.